The Hall–Kier alpha value is -2.60. The number of pyridine rings is 1. The number of anilines is 1. The average molecular weight is 359 g/mol. The molecule has 0 bridgehead atoms. The molecule has 1 N–H and O–H groups in total. The van der Waals surface area contributed by atoms with Crippen LogP contribution in [0.15, 0.2) is 48.8 Å². The molecule has 1 saturated heterocycles. The zero-order valence-electron chi connectivity index (χ0n) is 13.7. The number of nitrogens with zero attached hydrogens (tertiary/aromatic N) is 3. The third kappa shape index (κ3) is 4.48. The number of carbonyl (C=O) groups is 2. The normalized spacial score (nSPS) is 14.3. The van der Waals surface area contributed by atoms with Crippen LogP contribution in [0, 0.1) is 0 Å². The van der Waals surface area contributed by atoms with Crippen LogP contribution in [0.25, 0.3) is 0 Å². The summed E-state index contributed by atoms with van der Waals surface area (Å²) in [5.74, 6) is -1.07. The molecule has 2 heterocycles. The highest BCUT2D eigenvalue weighted by atomic mass is 35.5. The molecule has 130 valence electrons. The molecule has 1 aromatic carbocycles. The number of aromatic nitrogens is 1. The van der Waals surface area contributed by atoms with E-state index in [1.807, 2.05) is 30.3 Å². The fourth-order valence-corrected chi connectivity index (χ4v) is 2.93. The zero-order chi connectivity index (χ0) is 17.6. The Morgan fingerprint density at radius 1 is 1.12 bits per heavy atom. The number of hydrogen-bond acceptors (Lipinski definition) is 4. The van der Waals surface area contributed by atoms with Crippen LogP contribution < -0.4 is 10.2 Å². The molecule has 1 aliphatic rings. The van der Waals surface area contributed by atoms with E-state index >= 15 is 0 Å². The minimum Gasteiger partial charge on any atom is -0.368 e. The van der Waals surface area contributed by atoms with Gasteiger partial charge < -0.3 is 15.1 Å². The third-order valence-corrected chi connectivity index (χ3v) is 4.35. The van der Waals surface area contributed by atoms with Crippen molar-refractivity contribution in [3.05, 3.63) is 59.4 Å². The minimum atomic E-state index is -0.583. The summed E-state index contributed by atoms with van der Waals surface area (Å²) in [6.07, 6.45) is 3.32. The van der Waals surface area contributed by atoms with Crippen molar-refractivity contribution in [2.75, 3.05) is 31.1 Å². The second kappa shape index (κ2) is 7.98. The van der Waals surface area contributed by atoms with Crippen LogP contribution in [-0.2, 0) is 16.1 Å². The third-order valence-electron chi connectivity index (χ3n) is 4.11. The van der Waals surface area contributed by atoms with E-state index in [0.717, 1.165) is 11.3 Å². The monoisotopic (exact) mass is 358 g/mol. The van der Waals surface area contributed by atoms with Crippen molar-refractivity contribution in [3.8, 4) is 0 Å². The Morgan fingerprint density at radius 2 is 1.92 bits per heavy atom. The molecular formula is C18H19ClN4O2. The van der Waals surface area contributed by atoms with Gasteiger partial charge in [-0.2, -0.15) is 0 Å². The number of amides is 2. The first-order valence-corrected chi connectivity index (χ1v) is 8.48. The van der Waals surface area contributed by atoms with E-state index in [1.165, 1.54) is 0 Å². The SMILES string of the molecule is O=C(NCc1cccnc1)C(=O)N1CCN(c2cccc(Cl)c2)CC1. The fraction of sp³-hybridized carbons (Fsp3) is 0.278. The number of benzene rings is 1. The molecule has 0 radical (unpaired) electrons. The number of halogens is 1. The second-order valence-electron chi connectivity index (χ2n) is 5.80. The Kier molecular flexibility index (Phi) is 5.50. The summed E-state index contributed by atoms with van der Waals surface area (Å²) in [6, 6.07) is 11.3. The Labute approximate surface area is 151 Å². The number of nitrogens with one attached hydrogen (secondary N) is 1. The molecule has 25 heavy (non-hydrogen) atoms. The van der Waals surface area contributed by atoms with Crippen LogP contribution in [0.1, 0.15) is 5.56 Å². The van der Waals surface area contributed by atoms with Crippen molar-refractivity contribution in [1.29, 1.82) is 0 Å². The lowest BCUT2D eigenvalue weighted by Gasteiger charge is -2.35. The molecule has 1 aromatic heterocycles. The number of piperazine rings is 1. The smallest absolute Gasteiger partial charge is 0.312 e. The van der Waals surface area contributed by atoms with Crippen LogP contribution in [0.2, 0.25) is 5.02 Å². The van der Waals surface area contributed by atoms with Crippen molar-refractivity contribution in [1.82, 2.24) is 15.2 Å². The van der Waals surface area contributed by atoms with Gasteiger partial charge in [-0.1, -0.05) is 23.7 Å². The molecule has 0 atom stereocenters. The minimum absolute atomic E-state index is 0.293. The first kappa shape index (κ1) is 17.2. The highest BCUT2D eigenvalue weighted by Crippen LogP contribution is 2.20. The molecule has 0 spiro atoms. The van der Waals surface area contributed by atoms with E-state index in [-0.39, 0.29) is 0 Å². The summed E-state index contributed by atoms with van der Waals surface area (Å²) in [5, 5.41) is 3.33. The fourth-order valence-electron chi connectivity index (χ4n) is 2.74. The first-order chi connectivity index (χ1) is 12.1. The van der Waals surface area contributed by atoms with Crippen molar-refractivity contribution in [3.63, 3.8) is 0 Å². The number of carbonyl (C=O) groups excluding carboxylic acids is 2. The van der Waals surface area contributed by atoms with Gasteiger partial charge in [-0.3, -0.25) is 14.6 Å². The maximum atomic E-state index is 12.3. The van der Waals surface area contributed by atoms with Gasteiger partial charge in [0.2, 0.25) is 0 Å². The van der Waals surface area contributed by atoms with E-state index in [1.54, 1.807) is 23.4 Å². The van der Waals surface area contributed by atoms with E-state index in [2.05, 4.69) is 15.2 Å². The first-order valence-electron chi connectivity index (χ1n) is 8.10. The molecule has 1 fully saturated rings. The Balaban J connectivity index is 1.50. The van der Waals surface area contributed by atoms with Gasteiger partial charge in [0.05, 0.1) is 0 Å². The van der Waals surface area contributed by atoms with Crippen molar-refractivity contribution in [2.45, 2.75) is 6.54 Å². The molecule has 0 aliphatic carbocycles. The van der Waals surface area contributed by atoms with Crippen LogP contribution in [0.4, 0.5) is 5.69 Å². The van der Waals surface area contributed by atoms with Crippen LogP contribution in [-0.4, -0.2) is 47.9 Å². The van der Waals surface area contributed by atoms with Gasteiger partial charge in [-0.15, -0.1) is 0 Å². The maximum absolute atomic E-state index is 12.3. The summed E-state index contributed by atoms with van der Waals surface area (Å²) in [6.45, 7) is 2.64. The molecule has 2 aromatic rings. The highest BCUT2D eigenvalue weighted by molar-refractivity contribution is 6.35. The lowest BCUT2D eigenvalue weighted by Crippen LogP contribution is -2.52. The van der Waals surface area contributed by atoms with Crippen molar-refractivity contribution in [2.24, 2.45) is 0 Å². The second-order valence-corrected chi connectivity index (χ2v) is 6.24. The molecule has 3 rings (SSSR count). The summed E-state index contributed by atoms with van der Waals surface area (Å²) >= 11 is 6.02. The quantitative estimate of drug-likeness (QED) is 0.848. The largest absolute Gasteiger partial charge is 0.368 e. The van der Waals surface area contributed by atoms with Gasteiger partial charge in [-0.05, 0) is 29.8 Å². The van der Waals surface area contributed by atoms with Gasteiger partial charge >= 0.3 is 11.8 Å². The highest BCUT2D eigenvalue weighted by Gasteiger charge is 2.26. The molecule has 6 nitrogen and oxygen atoms in total. The van der Waals surface area contributed by atoms with E-state index in [0.29, 0.717) is 37.7 Å². The van der Waals surface area contributed by atoms with Crippen LogP contribution in [0.3, 0.4) is 0 Å². The number of hydrogen-bond donors (Lipinski definition) is 1. The predicted molar refractivity (Wildman–Crippen MR) is 96.3 cm³/mol. The zero-order valence-corrected chi connectivity index (χ0v) is 14.4. The summed E-state index contributed by atoms with van der Waals surface area (Å²) in [7, 11) is 0. The van der Waals surface area contributed by atoms with Gasteiger partial charge in [0.25, 0.3) is 0 Å². The van der Waals surface area contributed by atoms with Crippen LogP contribution in [0.5, 0.6) is 0 Å². The maximum Gasteiger partial charge on any atom is 0.312 e. The van der Waals surface area contributed by atoms with Gasteiger partial charge in [0, 0.05) is 55.8 Å². The molecule has 1 aliphatic heterocycles. The standard InChI is InChI=1S/C18H19ClN4O2/c19-15-4-1-5-16(11-15)22-7-9-23(10-8-22)18(25)17(24)21-13-14-3-2-6-20-12-14/h1-6,11-12H,7-10,13H2,(H,21,24). The van der Waals surface area contributed by atoms with Gasteiger partial charge in [0.15, 0.2) is 0 Å². The summed E-state index contributed by atoms with van der Waals surface area (Å²) in [5.41, 5.74) is 1.88. The van der Waals surface area contributed by atoms with E-state index < -0.39 is 11.8 Å². The van der Waals surface area contributed by atoms with E-state index in [9.17, 15) is 9.59 Å². The number of rotatable bonds is 3. The van der Waals surface area contributed by atoms with Gasteiger partial charge in [-0.25, -0.2) is 0 Å². The lowest BCUT2D eigenvalue weighted by atomic mass is 10.2. The summed E-state index contributed by atoms with van der Waals surface area (Å²) < 4.78 is 0. The average Bonchev–Trinajstić information content (AvgIpc) is 2.66. The van der Waals surface area contributed by atoms with E-state index in [4.69, 9.17) is 11.6 Å². The Morgan fingerprint density at radius 3 is 2.60 bits per heavy atom. The molecule has 2 amide bonds. The molecule has 0 unspecified atom stereocenters. The van der Waals surface area contributed by atoms with Crippen LogP contribution >= 0.6 is 11.6 Å². The molecule has 7 heteroatoms. The van der Waals surface area contributed by atoms with Crippen molar-refractivity contribution < 1.29 is 9.59 Å². The summed E-state index contributed by atoms with van der Waals surface area (Å²) in [4.78, 5) is 32.1. The Bertz CT molecular complexity index is 746. The lowest BCUT2D eigenvalue weighted by molar-refractivity contribution is -0.146. The molecular weight excluding hydrogens is 340 g/mol. The topological polar surface area (TPSA) is 65.5 Å². The predicted octanol–water partition coefficient (Wildman–Crippen LogP) is 1.70. The van der Waals surface area contributed by atoms with Crippen molar-refractivity contribution >= 4 is 29.1 Å². The van der Waals surface area contributed by atoms with Gasteiger partial charge in [0.1, 0.15) is 0 Å². The molecule has 0 saturated carbocycles.